The van der Waals surface area contributed by atoms with Crippen LogP contribution in [-0.2, 0) is 27.7 Å². The van der Waals surface area contributed by atoms with Gasteiger partial charge < -0.3 is 10.4 Å². The third kappa shape index (κ3) is 3.79. The van der Waals surface area contributed by atoms with E-state index in [-0.39, 0.29) is 18.5 Å². The number of benzene rings is 2. The van der Waals surface area contributed by atoms with Crippen LogP contribution in [0.5, 0.6) is 0 Å². The number of hydrogen-bond donors (Lipinski definition) is 2. The summed E-state index contributed by atoms with van der Waals surface area (Å²) in [4.78, 5) is 12.2. The van der Waals surface area contributed by atoms with E-state index in [1.54, 1.807) is 6.07 Å². The zero-order chi connectivity index (χ0) is 22.3. The number of rotatable bonds is 5. The third-order valence-corrected chi connectivity index (χ3v) is 9.19. The minimum atomic E-state index is -3.86. The van der Waals surface area contributed by atoms with E-state index in [1.807, 2.05) is 38.1 Å². The Bertz CT molecular complexity index is 1070. The van der Waals surface area contributed by atoms with Gasteiger partial charge in [-0.05, 0) is 54.5 Å². The summed E-state index contributed by atoms with van der Waals surface area (Å²) in [6.45, 7) is 6.96. The molecular formula is C24H30N2O4S. The first-order valence-corrected chi connectivity index (χ1v) is 12.4. The molecule has 31 heavy (non-hydrogen) atoms. The van der Waals surface area contributed by atoms with Gasteiger partial charge in [-0.15, -0.1) is 0 Å². The van der Waals surface area contributed by atoms with Crippen molar-refractivity contribution in [3.63, 3.8) is 0 Å². The van der Waals surface area contributed by atoms with Gasteiger partial charge in [0.2, 0.25) is 10.0 Å². The van der Waals surface area contributed by atoms with E-state index in [2.05, 4.69) is 24.4 Å². The summed E-state index contributed by atoms with van der Waals surface area (Å²) in [6.07, 6.45) is 1.16. The Balaban J connectivity index is 1.82. The molecule has 4 unspecified atom stereocenters. The van der Waals surface area contributed by atoms with E-state index in [0.717, 1.165) is 23.1 Å². The predicted octanol–water partition coefficient (Wildman–Crippen LogP) is 3.23. The maximum absolute atomic E-state index is 13.9. The monoisotopic (exact) mass is 442 g/mol. The van der Waals surface area contributed by atoms with Gasteiger partial charge in [0.15, 0.2) is 0 Å². The molecule has 0 amide bonds. The molecule has 7 heteroatoms. The van der Waals surface area contributed by atoms with Crippen LogP contribution in [0.15, 0.2) is 42.5 Å². The van der Waals surface area contributed by atoms with Crippen LogP contribution in [0.25, 0.3) is 11.1 Å². The zero-order valence-electron chi connectivity index (χ0n) is 18.2. The van der Waals surface area contributed by atoms with Gasteiger partial charge in [0.05, 0.1) is 5.92 Å². The Morgan fingerprint density at radius 1 is 1.10 bits per heavy atom. The molecule has 166 valence electrons. The molecule has 2 N–H and O–H groups in total. The molecule has 4 atom stereocenters. The second-order valence-electron chi connectivity index (χ2n) is 8.72. The van der Waals surface area contributed by atoms with E-state index >= 15 is 0 Å². The molecule has 0 radical (unpaired) electrons. The van der Waals surface area contributed by atoms with E-state index < -0.39 is 27.2 Å². The quantitative estimate of drug-likeness (QED) is 0.743. The van der Waals surface area contributed by atoms with Gasteiger partial charge in [-0.1, -0.05) is 49.4 Å². The van der Waals surface area contributed by atoms with Crippen LogP contribution < -0.4 is 5.32 Å². The van der Waals surface area contributed by atoms with Crippen LogP contribution in [-0.4, -0.2) is 49.0 Å². The summed E-state index contributed by atoms with van der Waals surface area (Å²) >= 11 is 0. The number of aliphatic carboxylic acids is 1. The number of fused-ring (bicyclic) bond motifs is 1. The number of nitrogens with zero attached hydrogens (tertiary/aromatic N) is 1. The Labute approximate surface area is 184 Å². The van der Waals surface area contributed by atoms with Crippen LogP contribution in [0.1, 0.15) is 42.7 Å². The molecule has 1 aliphatic carbocycles. The number of nitrogens with one attached hydrogen (secondary N) is 1. The van der Waals surface area contributed by atoms with Crippen molar-refractivity contribution in [1.29, 1.82) is 0 Å². The Morgan fingerprint density at radius 3 is 2.32 bits per heavy atom. The van der Waals surface area contributed by atoms with Gasteiger partial charge in [-0.25, -0.2) is 8.42 Å². The summed E-state index contributed by atoms with van der Waals surface area (Å²) in [7, 11) is -3.86. The van der Waals surface area contributed by atoms with E-state index in [1.165, 1.54) is 9.87 Å². The number of hydrogen-bond acceptors (Lipinski definition) is 4. The normalized spacial score (nSPS) is 26.5. The molecular weight excluding hydrogens is 412 g/mol. The largest absolute Gasteiger partial charge is 0.481 e. The van der Waals surface area contributed by atoms with Crippen LogP contribution >= 0.6 is 0 Å². The Morgan fingerprint density at radius 2 is 1.74 bits per heavy atom. The number of carbonyl (C=O) groups is 1. The minimum absolute atomic E-state index is 0.217. The highest BCUT2D eigenvalue weighted by Crippen LogP contribution is 2.47. The lowest BCUT2D eigenvalue weighted by atomic mass is 9.95. The second-order valence-corrected chi connectivity index (χ2v) is 10.7. The molecule has 2 aliphatic rings. The molecule has 6 nitrogen and oxygen atoms in total. The van der Waals surface area contributed by atoms with Gasteiger partial charge in [-0.2, -0.15) is 4.31 Å². The SMILES string of the molecule is CCc1ccc(-c2cccc3c2CC(C(=O)O)C3S(=O)(=O)N2C(C)CNCC2C)cc1. The van der Waals surface area contributed by atoms with E-state index in [9.17, 15) is 18.3 Å². The van der Waals surface area contributed by atoms with Crippen LogP contribution in [0.3, 0.4) is 0 Å². The molecule has 0 bridgehead atoms. The standard InChI is InChI=1S/C24H30N2O4S/c1-4-17-8-10-18(11-9-17)19-6-5-7-20-21(19)12-22(24(27)28)23(20)31(29,30)26-15(2)13-25-14-16(26)3/h5-11,15-16,22-23,25H,4,12-14H2,1-3H3,(H,27,28). The van der Waals surface area contributed by atoms with Gasteiger partial charge in [-0.3, -0.25) is 4.79 Å². The van der Waals surface area contributed by atoms with E-state index in [0.29, 0.717) is 18.7 Å². The highest BCUT2D eigenvalue weighted by Gasteiger charge is 2.50. The molecule has 2 aromatic carbocycles. The topological polar surface area (TPSA) is 86.7 Å². The summed E-state index contributed by atoms with van der Waals surface area (Å²) in [6, 6.07) is 13.4. The maximum Gasteiger partial charge on any atom is 0.308 e. The Kier molecular flexibility index (Phi) is 5.94. The fourth-order valence-electron chi connectivity index (χ4n) is 5.17. The van der Waals surface area contributed by atoms with E-state index in [4.69, 9.17) is 0 Å². The van der Waals surface area contributed by atoms with Gasteiger partial charge in [0, 0.05) is 25.2 Å². The van der Waals surface area contributed by atoms with Crippen molar-refractivity contribution in [2.24, 2.45) is 5.92 Å². The molecule has 1 aliphatic heterocycles. The maximum atomic E-state index is 13.9. The first kappa shape index (κ1) is 22.0. The number of aryl methyl sites for hydroxylation is 1. The summed E-state index contributed by atoms with van der Waals surface area (Å²) in [5, 5.41) is 12.2. The summed E-state index contributed by atoms with van der Waals surface area (Å²) in [5.74, 6) is -2.06. The van der Waals surface area contributed by atoms with Gasteiger partial charge in [0.1, 0.15) is 5.25 Å². The first-order valence-electron chi connectivity index (χ1n) is 10.9. The highest BCUT2D eigenvalue weighted by atomic mass is 32.2. The van der Waals surface area contributed by atoms with Crippen LogP contribution in [0.2, 0.25) is 0 Å². The predicted molar refractivity (Wildman–Crippen MR) is 121 cm³/mol. The number of sulfonamides is 1. The van der Waals surface area contributed by atoms with Crippen LogP contribution in [0, 0.1) is 5.92 Å². The van der Waals surface area contributed by atoms with Gasteiger partial charge in [0.25, 0.3) is 0 Å². The van der Waals surface area contributed by atoms with Crippen molar-refractivity contribution in [3.8, 4) is 11.1 Å². The fourth-order valence-corrected chi connectivity index (χ4v) is 7.75. The fraction of sp³-hybridized carbons (Fsp3) is 0.458. The Hall–Kier alpha value is -2.22. The van der Waals surface area contributed by atoms with Crippen molar-refractivity contribution in [2.75, 3.05) is 13.1 Å². The third-order valence-electron chi connectivity index (χ3n) is 6.66. The summed E-state index contributed by atoms with van der Waals surface area (Å²) < 4.78 is 29.2. The smallest absolute Gasteiger partial charge is 0.308 e. The van der Waals surface area contributed by atoms with Crippen molar-refractivity contribution in [1.82, 2.24) is 9.62 Å². The molecule has 1 saturated heterocycles. The molecule has 4 rings (SSSR count). The van der Waals surface area contributed by atoms with Crippen molar-refractivity contribution in [2.45, 2.75) is 50.9 Å². The van der Waals surface area contributed by atoms with Crippen LogP contribution in [0.4, 0.5) is 0 Å². The number of carboxylic acids is 1. The summed E-state index contributed by atoms with van der Waals surface area (Å²) in [5.41, 5.74) is 4.60. The van der Waals surface area contributed by atoms with Gasteiger partial charge >= 0.3 is 5.97 Å². The lowest BCUT2D eigenvalue weighted by Crippen LogP contribution is -2.58. The molecule has 1 heterocycles. The average molecular weight is 443 g/mol. The number of carboxylic acid groups (broad SMARTS) is 1. The molecule has 0 spiro atoms. The molecule has 2 aromatic rings. The molecule has 0 aromatic heterocycles. The molecule has 1 fully saturated rings. The zero-order valence-corrected chi connectivity index (χ0v) is 19.0. The van der Waals surface area contributed by atoms with Crippen molar-refractivity contribution in [3.05, 3.63) is 59.2 Å². The second kappa shape index (κ2) is 8.37. The first-order chi connectivity index (χ1) is 14.8. The van der Waals surface area contributed by atoms with Crippen molar-refractivity contribution < 1.29 is 18.3 Å². The lowest BCUT2D eigenvalue weighted by molar-refractivity contribution is -0.141. The average Bonchev–Trinajstić information content (AvgIpc) is 3.14. The molecule has 0 saturated carbocycles. The van der Waals surface area contributed by atoms with Crippen molar-refractivity contribution >= 4 is 16.0 Å². The lowest BCUT2D eigenvalue weighted by Gasteiger charge is -2.40. The minimum Gasteiger partial charge on any atom is -0.481 e. The number of piperazine rings is 1. The highest BCUT2D eigenvalue weighted by molar-refractivity contribution is 7.89.